The van der Waals surface area contributed by atoms with Crippen molar-refractivity contribution in [3.05, 3.63) is 200 Å². The largest absolute Gasteiger partial charge is 0.455 e. The Labute approximate surface area is 322 Å². The molecule has 0 fully saturated rings. The van der Waals surface area contributed by atoms with Crippen molar-refractivity contribution in [3.63, 3.8) is 0 Å². The van der Waals surface area contributed by atoms with Crippen molar-refractivity contribution in [2.75, 3.05) is 4.90 Å². The Kier molecular flexibility index (Phi) is 7.39. The van der Waals surface area contributed by atoms with Crippen LogP contribution in [0.1, 0.15) is 0 Å². The number of anilines is 3. The minimum absolute atomic E-state index is 0.902. The average molecular weight is 720 g/mol. The lowest BCUT2D eigenvalue weighted by atomic mass is 9.97. The van der Waals surface area contributed by atoms with Crippen LogP contribution in [0.5, 0.6) is 0 Å². The summed E-state index contributed by atoms with van der Waals surface area (Å²) < 4.78 is 9.13. The van der Waals surface area contributed by atoms with Gasteiger partial charge < -0.3 is 9.32 Å². The number of hydrogen-bond acceptors (Lipinski definition) is 3. The normalized spacial score (nSPS) is 11.6. The molecule has 11 aromatic rings. The molecule has 0 aliphatic rings. The van der Waals surface area contributed by atoms with Gasteiger partial charge in [-0.15, -0.1) is 11.3 Å². The molecular weight excluding hydrogens is 687 g/mol. The van der Waals surface area contributed by atoms with Gasteiger partial charge in [-0.2, -0.15) is 0 Å². The maximum Gasteiger partial charge on any atom is 0.143 e. The summed E-state index contributed by atoms with van der Waals surface area (Å²) in [6.45, 7) is 0. The van der Waals surface area contributed by atoms with Crippen LogP contribution in [0.3, 0.4) is 0 Å². The number of para-hydroxylation sites is 2. The number of furan rings is 1. The maximum absolute atomic E-state index is 6.51. The summed E-state index contributed by atoms with van der Waals surface area (Å²) in [6.07, 6.45) is 0. The van der Waals surface area contributed by atoms with E-state index in [-0.39, 0.29) is 0 Å². The summed E-state index contributed by atoms with van der Waals surface area (Å²) in [5.74, 6) is 0. The van der Waals surface area contributed by atoms with Gasteiger partial charge in [-0.1, -0.05) is 146 Å². The van der Waals surface area contributed by atoms with Gasteiger partial charge in [0.05, 0.1) is 0 Å². The molecule has 0 radical (unpaired) electrons. The van der Waals surface area contributed by atoms with E-state index in [1.807, 2.05) is 23.5 Å². The first-order valence-corrected chi connectivity index (χ1v) is 19.5. The fourth-order valence-electron chi connectivity index (χ4n) is 8.25. The van der Waals surface area contributed by atoms with E-state index in [1.54, 1.807) is 0 Å². The Morgan fingerprint density at radius 3 is 1.71 bits per heavy atom. The van der Waals surface area contributed by atoms with Crippen LogP contribution in [0.4, 0.5) is 17.1 Å². The summed E-state index contributed by atoms with van der Waals surface area (Å²) in [5.41, 5.74) is 12.0. The molecule has 0 amide bonds. The van der Waals surface area contributed by atoms with E-state index in [2.05, 4.69) is 193 Å². The zero-order chi connectivity index (χ0) is 36.3. The highest BCUT2D eigenvalue weighted by molar-refractivity contribution is 7.25. The zero-order valence-electron chi connectivity index (χ0n) is 29.8. The second-order valence-electron chi connectivity index (χ2n) is 14.1. The summed E-state index contributed by atoms with van der Waals surface area (Å²) >= 11 is 1.86. The monoisotopic (exact) mass is 719 g/mol. The smallest absolute Gasteiger partial charge is 0.143 e. The van der Waals surface area contributed by atoms with Crippen LogP contribution in [-0.4, -0.2) is 0 Å². The van der Waals surface area contributed by atoms with Gasteiger partial charge in [-0.3, -0.25) is 0 Å². The average Bonchev–Trinajstić information content (AvgIpc) is 3.82. The van der Waals surface area contributed by atoms with Crippen LogP contribution in [0.25, 0.3) is 86.3 Å². The topological polar surface area (TPSA) is 16.4 Å². The molecule has 2 aromatic heterocycles. The molecule has 55 heavy (non-hydrogen) atoms. The predicted molar refractivity (Wildman–Crippen MR) is 235 cm³/mol. The van der Waals surface area contributed by atoms with Crippen LogP contribution in [0.2, 0.25) is 0 Å². The number of thiophene rings is 1. The van der Waals surface area contributed by atoms with Crippen molar-refractivity contribution in [2.45, 2.75) is 0 Å². The molecule has 0 aliphatic carbocycles. The molecule has 0 saturated heterocycles. The van der Waals surface area contributed by atoms with E-state index in [1.165, 1.54) is 53.2 Å². The van der Waals surface area contributed by atoms with Gasteiger partial charge in [0.1, 0.15) is 11.2 Å². The maximum atomic E-state index is 6.51. The predicted octanol–water partition coefficient (Wildman–Crippen LogP) is 15.6. The van der Waals surface area contributed by atoms with Crippen LogP contribution >= 0.6 is 11.3 Å². The molecule has 0 bridgehead atoms. The number of rotatable bonds is 6. The molecule has 2 nitrogen and oxygen atoms in total. The van der Waals surface area contributed by atoms with Crippen LogP contribution in [0, 0.1) is 0 Å². The summed E-state index contributed by atoms with van der Waals surface area (Å²) in [6, 6.07) is 72.3. The molecule has 0 spiro atoms. The van der Waals surface area contributed by atoms with Gasteiger partial charge >= 0.3 is 0 Å². The summed E-state index contributed by atoms with van der Waals surface area (Å²) in [4.78, 5) is 2.39. The van der Waals surface area contributed by atoms with E-state index >= 15 is 0 Å². The van der Waals surface area contributed by atoms with Gasteiger partial charge in [-0.25, -0.2) is 0 Å². The van der Waals surface area contributed by atoms with E-state index in [4.69, 9.17) is 4.42 Å². The molecule has 258 valence electrons. The first kappa shape index (κ1) is 31.6. The molecule has 0 unspecified atom stereocenters. The quantitative estimate of drug-likeness (QED) is 0.170. The fraction of sp³-hybridized carbons (Fsp3) is 0. The van der Waals surface area contributed by atoms with Crippen molar-refractivity contribution in [3.8, 4) is 33.4 Å². The lowest BCUT2D eigenvalue weighted by Crippen LogP contribution is -2.10. The standard InChI is InChI=1S/C52H33NOS/c1-2-20-42-34(12-1)13-10-23-43(42)37-15-8-18-40(31-37)53(39-17-7-14-35(30-39)36-28-29-47-46-22-4-6-27-50(46)55-51(47)33-36)41-19-9-16-38(32-41)44-24-11-25-48-45-21-3-5-26-49(45)54-52(44)48/h1-33H. The Bertz CT molecular complexity index is 3240. The second kappa shape index (κ2) is 12.9. The van der Waals surface area contributed by atoms with E-state index in [0.29, 0.717) is 0 Å². The first-order valence-electron chi connectivity index (χ1n) is 18.7. The van der Waals surface area contributed by atoms with Crippen LogP contribution < -0.4 is 4.90 Å². The Morgan fingerprint density at radius 1 is 0.345 bits per heavy atom. The number of benzene rings is 9. The first-order chi connectivity index (χ1) is 27.2. The second-order valence-corrected chi connectivity index (χ2v) is 15.2. The highest BCUT2D eigenvalue weighted by atomic mass is 32.1. The lowest BCUT2D eigenvalue weighted by Gasteiger charge is -2.27. The third-order valence-electron chi connectivity index (χ3n) is 10.8. The Morgan fingerprint density at radius 2 is 0.891 bits per heavy atom. The molecule has 2 heterocycles. The molecular formula is C52H33NOS. The van der Waals surface area contributed by atoms with Crippen LogP contribution in [0.15, 0.2) is 205 Å². The van der Waals surface area contributed by atoms with Crippen molar-refractivity contribution in [1.29, 1.82) is 0 Å². The SMILES string of the molecule is c1cc(-c2ccc3c(c2)sc2ccccc23)cc(N(c2cccc(-c3cccc4ccccc34)c2)c2cccc(-c3cccc4c3oc3ccccc34)c2)c1. The molecule has 11 rings (SSSR count). The lowest BCUT2D eigenvalue weighted by molar-refractivity contribution is 0.670. The number of fused-ring (bicyclic) bond motifs is 7. The highest BCUT2D eigenvalue weighted by Crippen LogP contribution is 2.43. The summed E-state index contributed by atoms with van der Waals surface area (Å²) in [7, 11) is 0. The van der Waals surface area contributed by atoms with E-state index in [9.17, 15) is 0 Å². The van der Waals surface area contributed by atoms with Gasteiger partial charge in [0.25, 0.3) is 0 Å². The molecule has 9 aromatic carbocycles. The van der Waals surface area contributed by atoms with Crippen molar-refractivity contribution < 1.29 is 4.42 Å². The third-order valence-corrected chi connectivity index (χ3v) is 12.0. The van der Waals surface area contributed by atoms with Crippen LogP contribution in [-0.2, 0) is 0 Å². The summed E-state index contributed by atoms with van der Waals surface area (Å²) in [5, 5.41) is 7.36. The minimum atomic E-state index is 0.902. The zero-order valence-corrected chi connectivity index (χ0v) is 30.6. The third kappa shape index (κ3) is 5.40. The van der Waals surface area contributed by atoms with Gasteiger partial charge in [0, 0.05) is 53.6 Å². The fourth-order valence-corrected chi connectivity index (χ4v) is 9.40. The minimum Gasteiger partial charge on any atom is -0.455 e. The number of hydrogen-bond donors (Lipinski definition) is 0. The number of nitrogens with zero attached hydrogens (tertiary/aromatic N) is 1. The van der Waals surface area contributed by atoms with E-state index in [0.717, 1.165) is 50.1 Å². The van der Waals surface area contributed by atoms with Crippen molar-refractivity contribution >= 4 is 81.3 Å². The van der Waals surface area contributed by atoms with Gasteiger partial charge in [-0.05, 0) is 93.2 Å². The Hall–Kier alpha value is -6.94. The van der Waals surface area contributed by atoms with Gasteiger partial charge in [0.15, 0.2) is 0 Å². The molecule has 3 heteroatoms. The van der Waals surface area contributed by atoms with Gasteiger partial charge in [0.2, 0.25) is 0 Å². The molecule has 0 N–H and O–H groups in total. The molecule has 0 aliphatic heterocycles. The van der Waals surface area contributed by atoms with Crippen molar-refractivity contribution in [2.24, 2.45) is 0 Å². The molecule has 0 atom stereocenters. The molecule has 0 saturated carbocycles. The van der Waals surface area contributed by atoms with Crippen molar-refractivity contribution in [1.82, 2.24) is 0 Å². The highest BCUT2D eigenvalue weighted by Gasteiger charge is 2.18. The Balaban J connectivity index is 1.08. The van der Waals surface area contributed by atoms with E-state index < -0.39 is 0 Å².